The summed E-state index contributed by atoms with van der Waals surface area (Å²) in [5, 5.41) is 10.8. The molecule has 6 nitrogen and oxygen atoms in total. The SMILES string of the molecule is Cn1c(-c2cc3cccnc3[nH]2)cc2cc(OCC(=O)O)ccc21. The molecule has 120 valence electrons. The maximum atomic E-state index is 10.6. The molecule has 0 saturated carbocycles. The van der Waals surface area contributed by atoms with Crippen LogP contribution in [-0.4, -0.2) is 32.2 Å². The van der Waals surface area contributed by atoms with Crippen LogP contribution in [0.5, 0.6) is 5.75 Å². The summed E-state index contributed by atoms with van der Waals surface area (Å²) in [6.45, 7) is -0.348. The molecule has 4 aromatic rings. The Balaban J connectivity index is 1.78. The van der Waals surface area contributed by atoms with Crippen LogP contribution in [0.3, 0.4) is 0 Å². The van der Waals surface area contributed by atoms with E-state index in [1.807, 2.05) is 37.4 Å². The van der Waals surface area contributed by atoms with Gasteiger partial charge in [0.05, 0.1) is 11.4 Å². The van der Waals surface area contributed by atoms with E-state index in [2.05, 4.69) is 20.6 Å². The summed E-state index contributed by atoms with van der Waals surface area (Å²) in [7, 11) is 1.99. The number of pyridine rings is 1. The number of aromatic nitrogens is 3. The van der Waals surface area contributed by atoms with E-state index in [1.165, 1.54) is 0 Å². The van der Waals surface area contributed by atoms with Crippen LogP contribution in [0.25, 0.3) is 33.3 Å². The number of ether oxygens (including phenoxy) is 1. The molecule has 4 rings (SSSR count). The second-order valence-electron chi connectivity index (χ2n) is 5.62. The summed E-state index contributed by atoms with van der Waals surface area (Å²) < 4.78 is 7.34. The number of fused-ring (bicyclic) bond motifs is 2. The molecule has 0 radical (unpaired) electrons. The summed E-state index contributed by atoms with van der Waals surface area (Å²) in [4.78, 5) is 18.3. The standard InChI is InChI=1S/C18H15N3O3/c1-21-15-5-4-13(24-10-17(22)23)7-12(15)9-16(21)14-8-11-3-2-6-19-18(11)20-14/h2-9H,10H2,1H3,(H,19,20)(H,22,23). The first kappa shape index (κ1) is 14.3. The van der Waals surface area contributed by atoms with E-state index in [1.54, 1.807) is 12.3 Å². The van der Waals surface area contributed by atoms with Gasteiger partial charge in [0.1, 0.15) is 11.4 Å². The number of aryl methyl sites for hydroxylation is 1. The van der Waals surface area contributed by atoms with Crippen molar-refractivity contribution in [1.82, 2.24) is 14.5 Å². The first-order valence-corrected chi connectivity index (χ1v) is 7.50. The molecule has 0 fully saturated rings. The molecule has 0 amide bonds. The zero-order valence-electron chi connectivity index (χ0n) is 13.0. The van der Waals surface area contributed by atoms with E-state index in [9.17, 15) is 4.79 Å². The molecular formula is C18H15N3O3. The van der Waals surface area contributed by atoms with Crippen LogP contribution in [0.2, 0.25) is 0 Å². The summed E-state index contributed by atoms with van der Waals surface area (Å²) in [5.74, 6) is -0.449. The Bertz CT molecular complexity index is 1030. The largest absolute Gasteiger partial charge is 0.482 e. The summed E-state index contributed by atoms with van der Waals surface area (Å²) in [6, 6.07) is 13.6. The van der Waals surface area contributed by atoms with Crippen molar-refractivity contribution in [2.75, 3.05) is 6.61 Å². The van der Waals surface area contributed by atoms with Gasteiger partial charge >= 0.3 is 5.97 Å². The van der Waals surface area contributed by atoms with Gasteiger partial charge < -0.3 is 19.4 Å². The number of carboxylic acid groups (broad SMARTS) is 1. The Morgan fingerprint density at radius 3 is 2.92 bits per heavy atom. The molecule has 6 heteroatoms. The van der Waals surface area contributed by atoms with Gasteiger partial charge in [0.25, 0.3) is 0 Å². The number of carboxylic acids is 1. The van der Waals surface area contributed by atoms with E-state index in [4.69, 9.17) is 9.84 Å². The smallest absolute Gasteiger partial charge is 0.341 e. The van der Waals surface area contributed by atoms with Gasteiger partial charge in [-0.05, 0) is 42.5 Å². The van der Waals surface area contributed by atoms with Crippen LogP contribution in [0.1, 0.15) is 0 Å². The predicted molar refractivity (Wildman–Crippen MR) is 91.1 cm³/mol. The lowest BCUT2D eigenvalue weighted by Gasteiger charge is -2.04. The Hall–Kier alpha value is -3.28. The Kier molecular flexibility index (Phi) is 3.23. The molecule has 0 aliphatic heterocycles. The highest BCUT2D eigenvalue weighted by Gasteiger charge is 2.12. The molecule has 0 bridgehead atoms. The highest BCUT2D eigenvalue weighted by molar-refractivity contribution is 5.90. The van der Waals surface area contributed by atoms with Crippen LogP contribution in [0.15, 0.2) is 48.7 Å². The highest BCUT2D eigenvalue weighted by Crippen LogP contribution is 2.30. The minimum Gasteiger partial charge on any atom is -0.482 e. The lowest BCUT2D eigenvalue weighted by Crippen LogP contribution is -2.09. The van der Waals surface area contributed by atoms with E-state index < -0.39 is 5.97 Å². The molecule has 2 N–H and O–H groups in total. The number of aliphatic carboxylic acids is 1. The van der Waals surface area contributed by atoms with Crippen molar-refractivity contribution in [3.05, 3.63) is 48.7 Å². The number of aromatic amines is 1. The number of hydrogen-bond donors (Lipinski definition) is 2. The third-order valence-corrected chi connectivity index (χ3v) is 4.04. The molecule has 3 heterocycles. The van der Waals surface area contributed by atoms with Crippen molar-refractivity contribution in [2.45, 2.75) is 0 Å². The molecule has 0 aliphatic carbocycles. The predicted octanol–water partition coefficient (Wildman–Crippen LogP) is 3.19. The van der Waals surface area contributed by atoms with Crippen molar-refractivity contribution in [3.63, 3.8) is 0 Å². The van der Waals surface area contributed by atoms with Crippen molar-refractivity contribution < 1.29 is 14.6 Å². The fourth-order valence-corrected chi connectivity index (χ4v) is 2.92. The van der Waals surface area contributed by atoms with E-state index >= 15 is 0 Å². The average molecular weight is 321 g/mol. The lowest BCUT2D eigenvalue weighted by molar-refractivity contribution is -0.139. The van der Waals surface area contributed by atoms with Gasteiger partial charge in [0.15, 0.2) is 6.61 Å². The Morgan fingerprint density at radius 2 is 2.12 bits per heavy atom. The molecular weight excluding hydrogens is 306 g/mol. The van der Waals surface area contributed by atoms with Crippen LogP contribution < -0.4 is 4.74 Å². The molecule has 0 aliphatic rings. The highest BCUT2D eigenvalue weighted by atomic mass is 16.5. The van der Waals surface area contributed by atoms with Gasteiger partial charge in [0, 0.05) is 29.5 Å². The van der Waals surface area contributed by atoms with Crippen LogP contribution in [-0.2, 0) is 11.8 Å². The zero-order chi connectivity index (χ0) is 16.7. The molecule has 24 heavy (non-hydrogen) atoms. The number of H-pyrrole nitrogens is 1. The second-order valence-corrected chi connectivity index (χ2v) is 5.62. The number of carbonyl (C=O) groups is 1. The summed E-state index contributed by atoms with van der Waals surface area (Å²) in [5.41, 5.74) is 3.90. The summed E-state index contributed by atoms with van der Waals surface area (Å²) in [6.07, 6.45) is 1.76. The van der Waals surface area contributed by atoms with Gasteiger partial charge in [0.2, 0.25) is 0 Å². The van der Waals surface area contributed by atoms with Gasteiger partial charge in [-0.1, -0.05) is 0 Å². The molecule has 1 aromatic carbocycles. The van der Waals surface area contributed by atoms with Gasteiger partial charge in [-0.15, -0.1) is 0 Å². The topological polar surface area (TPSA) is 80.1 Å². The van der Waals surface area contributed by atoms with Crippen LogP contribution >= 0.6 is 0 Å². The monoisotopic (exact) mass is 321 g/mol. The van der Waals surface area contributed by atoms with Crippen LogP contribution in [0.4, 0.5) is 0 Å². The van der Waals surface area contributed by atoms with Crippen molar-refractivity contribution >= 4 is 27.9 Å². The second kappa shape index (κ2) is 5.42. The number of nitrogens with one attached hydrogen (secondary N) is 1. The summed E-state index contributed by atoms with van der Waals surface area (Å²) >= 11 is 0. The molecule has 0 atom stereocenters. The van der Waals surface area contributed by atoms with Gasteiger partial charge in [-0.3, -0.25) is 0 Å². The molecule has 0 saturated heterocycles. The van der Waals surface area contributed by atoms with Crippen molar-refractivity contribution in [3.8, 4) is 17.1 Å². The fraction of sp³-hybridized carbons (Fsp3) is 0.111. The lowest BCUT2D eigenvalue weighted by atomic mass is 10.2. The number of rotatable bonds is 4. The normalized spacial score (nSPS) is 11.2. The molecule has 0 unspecified atom stereocenters. The van der Waals surface area contributed by atoms with Crippen LogP contribution in [0, 0.1) is 0 Å². The van der Waals surface area contributed by atoms with Crippen molar-refractivity contribution in [1.29, 1.82) is 0 Å². The third-order valence-electron chi connectivity index (χ3n) is 4.04. The molecule has 0 spiro atoms. The van der Waals surface area contributed by atoms with Crippen molar-refractivity contribution in [2.24, 2.45) is 7.05 Å². The maximum Gasteiger partial charge on any atom is 0.341 e. The quantitative estimate of drug-likeness (QED) is 0.605. The third kappa shape index (κ3) is 2.38. The Morgan fingerprint density at radius 1 is 1.25 bits per heavy atom. The Labute approximate surface area is 137 Å². The first-order valence-electron chi connectivity index (χ1n) is 7.50. The van der Waals surface area contributed by atoms with E-state index in [0.717, 1.165) is 33.3 Å². The van der Waals surface area contributed by atoms with Gasteiger partial charge in [-0.2, -0.15) is 0 Å². The minimum atomic E-state index is -0.991. The number of benzene rings is 1. The average Bonchev–Trinajstić information content (AvgIpc) is 3.14. The first-order chi connectivity index (χ1) is 11.6. The minimum absolute atomic E-state index is 0.348. The molecule has 3 aromatic heterocycles. The van der Waals surface area contributed by atoms with Gasteiger partial charge in [-0.25, -0.2) is 9.78 Å². The number of nitrogens with zero attached hydrogens (tertiary/aromatic N) is 2. The van der Waals surface area contributed by atoms with E-state index in [-0.39, 0.29) is 6.61 Å². The van der Waals surface area contributed by atoms with E-state index in [0.29, 0.717) is 5.75 Å². The zero-order valence-corrected chi connectivity index (χ0v) is 13.0. The number of hydrogen-bond acceptors (Lipinski definition) is 3. The fourth-order valence-electron chi connectivity index (χ4n) is 2.92. The maximum absolute atomic E-state index is 10.6.